The maximum Gasteiger partial charge on any atom is 0.246 e. The smallest absolute Gasteiger partial charge is 0.246 e. The van der Waals surface area contributed by atoms with Crippen LogP contribution < -0.4 is 9.47 Å². The molecule has 158 valence electrons. The maximum absolute atomic E-state index is 12.7. The molecule has 1 fully saturated rings. The molecule has 1 atom stereocenters. The first-order valence-corrected chi connectivity index (χ1v) is 10.2. The van der Waals surface area contributed by atoms with Gasteiger partial charge in [-0.05, 0) is 42.5 Å². The fraction of sp³-hybridized carbons (Fsp3) is 0.318. The van der Waals surface area contributed by atoms with Crippen molar-refractivity contribution in [2.24, 2.45) is 5.92 Å². The molecule has 2 aliphatic heterocycles. The van der Waals surface area contributed by atoms with Gasteiger partial charge < -0.3 is 18.9 Å². The Balaban J connectivity index is 1.19. The minimum atomic E-state index is -0.00635. The number of piperidine rings is 1. The average Bonchev–Trinajstić information content (AvgIpc) is 3.47. The summed E-state index contributed by atoms with van der Waals surface area (Å²) in [6.07, 6.45) is 10.8. The fourth-order valence-electron chi connectivity index (χ4n) is 3.82. The van der Waals surface area contributed by atoms with E-state index in [9.17, 15) is 4.79 Å². The predicted molar refractivity (Wildman–Crippen MR) is 110 cm³/mol. The highest BCUT2D eigenvalue weighted by molar-refractivity contribution is 5.92. The number of carbonyl (C=O) groups is 1. The Morgan fingerprint density at radius 2 is 2.16 bits per heavy atom. The molecule has 0 spiro atoms. The number of aromatic nitrogens is 4. The van der Waals surface area contributed by atoms with E-state index >= 15 is 0 Å². The Morgan fingerprint density at radius 3 is 3.06 bits per heavy atom. The highest BCUT2D eigenvalue weighted by atomic mass is 16.7. The first kappa shape index (κ1) is 19.2. The lowest BCUT2D eigenvalue weighted by Crippen LogP contribution is -2.39. The number of ether oxygens (including phenoxy) is 2. The number of carbonyl (C=O) groups excluding carboxylic acids is 1. The van der Waals surface area contributed by atoms with E-state index in [0.717, 1.165) is 30.7 Å². The van der Waals surface area contributed by atoms with Crippen LogP contribution in [0.2, 0.25) is 0 Å². The topological polar surface area (TPSA) is 103 Å². The zero-order valence-corrected chi connectivity index (χ0v) is 16.8. The van der Waals surface area contributed by atoms with Gasteiger partial charge in [-0.2, -0.15) is 4.98 Å². The molecular formula is C22H21N5O4. The summed E-state index contributed by atoms with van der Waals surface area (Å²) < 4.78 is 16.1. The van der Waals surface area contributed by atoms with Gasteiger partial charge in [-0.1, -0.05) is 11.2 Å². The number of nitrogens with zero attached hydrogens (tertiary/aromatic N) is 5. The summed E-state index contributed by atoms with van der Waals surface area (Å²) in [4.78, 5) is 27.2. The van der Waals surface area contributed by atoms with E-state index in [4.69, 9.17) is 14.0 Å². The second kappa shape index (κ2) is 8.55. The number of benzene rings is 1. The van der Waals surface area contributed by atoms with Crippen LogP contribution in [0.1, 0.15) is 24.3 Å². The summed E-state index contributed by atoms with van der Waals surface area (Å²) >= 11 is 0. The van der Waals surface area contributed by atoms with Crippen molar-refractivity contribution in [3.63, 3.8) is 0 Å². The van der Waals surface area contributed by atoms with Gasteiger partial charge in [0.05, 0.1) is 6.20 Å². The molecule has 1 amide bonds. The minimum Gasteiger partial charge on any atom is -0.454 e. The van der Waals surface area contributed by atoms with E-state index in [1.165, 1.54) is 0 Å². The molecule has 9 nitrogen and oxygen atoms in total. The van der Waals surface area contributed by atoms with Crippen molar-refractivity contribution in [1.29, 1.82) is 0 Å². The van der Waals surface area contributed by atoms with Crippen molar-refractivity contribution in [3.8, 4) is 23.0 Å². The lowest BCUT2D eigenvalue weighted by molar-refractivity contribution is -0.127. The molecule has 31 heavy (non-hydrogen) atoms. The molecule has 5 rings (SSSR count). The molecule has 0 radical (unpaired) electrons. The van der Waals surface area contributed by atoms with Crippen molar-refractivity contribution in [2.75, 3.05) is 19.9 Å². The van der Waals surface area contributed by atoms with Crippen LogP contribution in [-0.2, 0) is 11.2 Å². The average molecular weight is 419 g/mol. The monoisotopic (exact) mass is 419 g/mol. The van der Waals surface area contributed by atoms with E-state index in [-0.39, 0.29) is 18.6 Å². The zero-order chi connectivity index (χ0) is 21.0. The van der Waals surface area contributed by atoms with Crippen molar-refractivity contribution < 1.29 is 18.8 Å². The number of hydrogen-bond donors (Lipinski definition) is 0. The third-order valence-corrected chi connectivity index (χ3v) is 5.37. The summed E-state index contributed by atoms with van der Waals surface area (Å²) in [5.41, 5.74) is 1.47. The van der Waals surface area contributed by atoms with Gasteiger partial charge in [0.1, 0.15) is 5.69 Å². The molecule has 2 aromatic heterocycles. The summed E-state index contributed by atoms with van der Waals surface area (Å²) in [6.45, 7) is 1.64. The van der Waals surface area contributed by atoms with E-state index in [1.54, 1.807) is 30.7 Å². The number of fused-ring (bicyclic) bond motifs is 1. The Bertz CT molecular complexity index is 1100. The van der Waals surface area contributed by atoms with Crippen molar-refractivity contribution >= 4 is 12.0 Å². The van der Waals surface area contributed by atoms with Gasteiger partial charge in [0.2, 0.25) is 24.4 Å². The number of hydrogen-bond acceptors (Lipinski definition) is 8. The molecule has 3 aromatic rings. The first-order valence-electron chi connectivity index (χ1n) is 10.2. The van der Waals surface area contributed by atoms with Crippen LogP contribution in [0, 0.1) is 5.92 Å². The molecule has 0 aliphatic carbocycles. The fourth-order valence-corrected chi connectivity index (χ4v) is 3.82. The highest BCUT2D eigenvalue weighted by Crippen LogP contribution is 2.32. The molecule has 0 saturated carbocycles. The largest absolute Gasteiger partial charge is 0.454 e. The van der Waals surface area contributed by atoms with Crippen LogP contribution in [0.5, 0.6) is 11.5 Å². The van der Waals surface area contributed by atoms with E-state index in [1.807, 2.05) is 23.1 Å². The van der Waals surface area contributed by atoms with Gasteiger partial charge in [0, 0.05) is 38.0 Å². The molecule has 9 heteroatoms. The summed E-state index contributed by atoms with van der Waals surface area (Å²) in [5.74, 6) is 2.67. The second-order valence-electron chi connectivity index (χ2n) is 7.55. The Morgan fingerprint density at radius 1 is 1.23 bits per heavy atom. The first-order chi connectivity index (χ1) is 15.2. The van der Waals surface area contributed by atoms with Gasteiger partial charge in [0.25, 0.3) is 0 Å². The van der Waals surface area contributed by atoms with Crippen molar-refractivity contribution in [3.05, 3.63) is 54.3 Å². The molecular weight excluding hydrogens is 398 g/mol. The minimum absolute atomic E-state index is 0.00635. The van der Waals surface area contributed by atoms with Crippen LogP contribution in [-0.4, -0.2) is 50.8 Å². The van der Waals surface area contributed by atoms with E-state index in [2.05, 4.69) is 20.1 Å². The third-order valence-electron chi connectivity index (χ3n) is 5.37. The Hall–Kier alpha value is -3.75. The third kappa shape index (κ3) is 4.40. The van der Waals surface area contributed by atoms with Crippen LogP contribution >= 0.6 is 0 Å². The highest BCUT2D eigenvalue weighted by Gasteiger charge is 2.25. The molecule has 0 N–H and O–H groups in total. The number of amides is 1. The molecule has 2 aliphatic rings. The summed E-state index contributed by atoms with van der Waals surface area (Å²) in [6, 6.07) is 5.62. The van der Waals surface area contributed by atoms with Gasteiger partial charge in [0.15, 0.2) is 11.5 Å². The molecule has 1 aromatic carbocycles. The Kier molecular flexibility index (Phi) is 5.30. The number of likely N-dealkylation sites (tertiary alicyclic amines) is 1. The molecule has 1 saturated heterocycles. The standard InChI is InChI=1S/C22H21N5O4/c28-21(6-4-15-3-5-18-19(10-15)30-14-29-18)27-9-1-2-16(13-27)11-20-25-22(26-31-20)17-12-23-7-8-24-17/h3-8,10,12,16H,1-2,9,11,13-14H2/b6-4+. The molecule has 4 heterocycles. The van der Waals surface area contributed by atoms with Crippen LogP contribution in [0.25, 0.3) is 17.6 Å². The predicted octanol–water partition coefficient (Wildman–Crippen LogP) is 2.75. The van der Waals surface area contributed by atoms with Crippen molar-refractivity contribution in [2.45, 2.75) is 19.3 Å². The van der Waals surface area contributed by atoms with Crippen LogP contribution in [0.15, 0.2) is 47.4 Å². The maximum atomic E-state index is 12.7. The van der Waals surface area contributed by atoms with Crippen LogP contribution in [0.3, 0.4) is 0 Å². The lowest BCUT2D eigenvalue weighted by Gasteiger charge is -2.31. The SMILES string of the molecule is O=C(/C=C/c1ccc2c(c1)OCO2)N1CCCC(Cc2nc(-c3cnccn3)no2)C1. The van der Waals surface area contributed by atoms with Gasteiger partial charge in [-0.15, -0.1) is 0 Å². The van der Waals surface area contributed by atoms with Gasteiger partial charge in [-0.25, -0.2) is 4.98 Å². The molecule has 0 bridgehead atoms. The second-order valence-corrected chi connectivity index (χ2v) is 7.55. The van der Waals surface area contributed by atoms with Crippen LogP contribution in [0.4, 0.5) is 0 Å². The van der Waals surface area contributed by atoms with E-state index in [0.29, 0.717) is 36.1 Å². The summed E-state index contributed by atoms with van der Waals surface area (Å²) in [7, 11) is 0. The Labute approximate surface area is 178 Å². The number of rotatable bonds is 5. The molecule has 1 unspecified atom stereocenters. The quantitative estimate of drug-likeness (QED) is 0.582. The lowest BCUT2D eigenvalue weighted by atomic mass is 9.94. The van der Waals surface area contributed by atoms with Crippen molar-refractivity contribution in [1.82, 2.24) is 25.0 Å². The van der Waals surface area contributed by atoms with Gasteiger partial charge >= 0.3 is 0 Å². The normalized spacial score (nSPS) is 17.9. The zero-order valence-electron chi connectivity index (χ0n) is 16.8. The van der Waals surface area contributed by atoms with Gasteiger partial charge in [-0.3, -0.25) is 9.78 Å². The van der Waals surface area contributed by atoms with E-state index < -0.39 is 0 Å². The summed E-state index contributed by atoms with van der Waals surface area (Å²) in [5, 5.41) is 3.99.